The van der Waals surface area contributed by atoms with Crippen LogP contribution in [0.15, 0.2) is 48.7 Å². The molecular weight excluding hydrogens is 278 g/mol. The van der Waals surface area contributed by atoms with Crippen molar-refractivity contribution >= 4 is 18.0 Å². The molecule has 0 spiro atoms. The molecular formula is C18H23NO3. The zero-order chi connectivity index (χ0) is 16.2. The molecule has 1 aromatic carbocycles. The summed E-state index contributed by atoms with van der Waals surface area (Å²) in [5, 5.41) is 2.59. The van der Waals surface area contributed by atoms with Crippen molar-refractivity contribution in [2.75, 3.05) is 6.61 Å². The minimum absolute atomic E-state index is 0.244. The molecule has 4 nitrogen and oxygen atoms in total. The van der Waals surface area contributed by atoms with Gasteiger partial charge >= 0.3 is 5.97 Å². The number of rotatable bonds is 8. The highest BCUT2D eigenvalue weighted by Gasteiger charge is 2.10. The summed E-state index contributed by atoms with van der Waals surface area (Å²) in [5.74, 6) is -0.902. The normalized spacial score (nSPS) is 12.5. The van der Waals surface area contributed by atoms with E-state index in [1.54, 1.807) is 19.1 Å². The van der Waals surface area contributed by atoms with Crippen molar-refractivity contribution in [3.8, 4) is 0 Å². The number of carbonyl (C=O) groups is 2. The van der Waals surface area contributed by atoms with Gasteiger partial charge in [-0.15, -0.1) is 0 Å². The first-order valence-electron chi connectivity index (χ1n) is 7.50. The average Bonchev–Trinajstić information content (AvgIpc) is 2.54. The number of unbranched alkanes of at least 4 members (excludes halogenated alkanes) is 1. The number of esters is 1. The first kappa shape index (κ1) is 17.7. The van der Waals surface area contributed by atoms with Crippen LogP contribution in [-0.2, 0) is 14.3 Å². The summed E-state index contributed by atoms with van der Waals surface area (Å²) in [6, 6.07) is 9.55. The van der Waals surface area contributed by atoms with Gasteiger partial charge in [-0.2, -0.15) is 0 Å². The summed E-state index contributed by atoms with van der Waals surface area (Å²) in [7, 11) is 0. The molecule has 0 radical (unpaired) electrons. The number of carbonyl (C=O) groups excluding carboxylic acids is 2. The highest BCUT2D eigenvalue weighted by molar-refractivity contribution is 5.92. The summed E-state index contributed by atoms with van der Waals surface area (Å²) < 4.78 is 5.09. The van der Waals surface area contributed by atoms with Crippen LogP contribution >= 0.6 is 0 Å². The van der Waals surface area contributed by atoms with Gasteiger partial charge in [-0.3, -0.25) is 9.59 Å². The Bertz CT molecular complexity index is 520. The van der Waals surface area contributed by atoms with E-state index in [0.29, 0.717) is 6.61 Å². The Morgan fingerprint density at radius 3 is 2.68 bits per heavy atom. The summed E-state index contributed by atoms with van der Waals surface area (Å²) in [6.07, 6.45) is 8.12. The molecule has 0 aliphatic rings. The first-order chi connectivity index (χ1) is 10.6. The Labute approximate surface area is 131 Å². The highest BCUT2D eigenvalue weighted by Crippen LogP contribution is 2.02. The number of amides is 1. The second-order valence-electron chi connectivity index (χ2n) is 4.92. The van der Waals surface area contributed by atoms with E-state index in [0.717, 1.165) is 18.4 Å². The van der Waals surface area contributed by atoms with Gasteiger partial charge in [0.05, 0.1) is 12.5 Å². The van der Waals surface area contributed by atoms with Gasteiger partial charge in [0.1, 0.15) is 0 Å². The number of ether oxygens (including phenoxy) is 1. The molecule has 1 atom stereocenters. The second kappa shape index (κ2) is 10.4. The zero-order valence-electron chi connectivity index (χ0n) is 13.1. The quantitative estimate of drug-likeness (QED) is 0.455. The van der Waals surface area contributed by atoms with Crippen LogP contribution in [0.5, 0.6) is 0 Å². The lowest BCUT2D eigenvalue weighted by Gasteiger charge is -2.07. The van der Waals surface area contributed by atoms with Crippen LogP contribution in [0.25, 0.3) is 6.08 Å². The third kappa shape index (κ3) is 7.43. The molecule has 1 N–H and O–H groups in total. The molecule has 0 bridgehead atoms. The fourth-order valence-electron chi connectivity index (χ4n) is 1.59. The third-order valence-electron chi connectivity index (χ3n) is 2.95. The monoisotopic (exact) mass is 301 g/mol. The Hall–Kier alpha value is -2.36. The molecule has 0 saturated carbocycles. The molecule has 0 aliphatic carbocycles. The van der Waals surface area contributed by atoms with Crippen LogP contribution in [0, 0.1) is 5.92 Å². The lowest BCUT2D eigenvalue weighted by Crippen LogP contribution is -2.17. The molecule has 1 aromatic rings. The van der Waals surface area contributed by atoms with Crippen LogP contribution in [0.3, 0.4) is 0 Å². The van der Waals surface area contributed by atoms with Crippen LogP contribution in [0.2, 0.25) is 0 Å². The van der Waals surface area contributed by atoms with Crippen molar-refractivity contribution in [2.24, 2.45) is 5.92 Å². The van der Waals surface area contributed by atoms with Crippen LogP contribution < -0.4 is 5.32 Å². The van der Waals surface area contributed by atoms with E-state index in [1.165, 1.54) is 12.3 Å². The first-order valence-corrected chi connectivity index (χ1v) is 7.50. The molecule has 1 rings (SSSR count). The SMILES string of the molecule is CCCCOC(=O)C(C)C=CNC(=O)C=Cc1ccccc1. The van der Waals surface area contributed by atoms with Gasteiger partial charge in [0.15, 0.2) is 0 Å². The molecule has 0 aromatic heterocycles. The fourth-order valence-corrected chi connectivity index (χ4v) is 1.59. The summed E-state index contributed by atoms with van der Waals surface area (Å²) in [4.78, 5) is 23.2. The molecule has 4 heteroatoms. The van der Waals surface area contributed by atoms with Gasteiger partial charge in [0, 0.05) is 12.3 Å². The van der Waals surface area contributed by atoms with E-state index < -0.39 is 0 Å². The maximum absolute atomic E-state index is 11.6. The largest absolute Gasteiger partial charge is 0.465 e. The van der Waals surface area contributed by atoms with Crippen LogP contribution in [-0.4, -0.2) is 18.5 Å². The number of nitrogens with one attached hydrogen (secondary N) is 1. The van der Waals surface area contributed by atoms with Crippen molar-refractivity contribution in [1.29, 1.82) is 0 Å². The Balaban J connectivity index is 2.33. The molecule has 0 heterocycles. The lowest BCUT2D eigenvalue weighted by atomic mass is 10.2. The smallest absolute Gasteiger partial charge is 0.312 e. The van der Waals surface area contributed by atoms with Crippen molar-refractivity contribution < 1.29 is 14.3 Å². The Morgan fingerprint density at radius 1 is 1.27 bits per heavy atom. The Morgan fingerprint density at radius 2 is 2.00 bits per heavy atom. The summed E-state index contributed by atoms with van der Waals surface area (Å²) in [5.41, 5.74) is 0.953. The topological polar surface area (TPSA) is 55.4 Å². The van der Waals surface area contributed by atoms with Crippen molar-refractivity contribution in [1.82, 2.24) is 5.32 Å². The van der Waals surface area contributed by atoms with Crippen molar-refractivity contribution in [3.05, 3.63) is 54.2 Å². The van der Waals surface area contributed by atoms with Crippen LogP contribution in [0.1, 0.15) is 32.3 Å². The van der Waals surface area contributed by atoms with E-state index in [-0.39, 0.29) is 17.8 Å². The van der Waals surface area contributed by atoms with Crippen molar-refractivity contribution in [3.63, 3.8) is 0 Å². The zero-order valence-corrected chi connectivity index (χ0v) is 13.1. The molecule has 0 saturated heterocycles. The van der Waals surface area contributed by atoms with E-state index in [1.807, 2.05) is 37.3 Å². The molecule has 22 heavy (non-hydrogen) atoms. The van der Waals surface area contributed by atoms with Gasteiger partial charge < -0.3 is 10.1 Å². The predicted octanol–water partition coefficient (Wildman–Crippen LogP) is 3.31. The number of benzene rings is 1. The minimum atomic E-state index is -0.379. The van der Waals surface area contributed by atoms with Crippen molar-refractivity contribution in [2.45, 2.75) is 26.7 Å². The maximum atomic E-state index is 11.6. The predicted molar refractivity (Wildman–Crippen MR) is 87.8 cm³/mol. The number of hydrogen-bond donors (Lipinski definition) is 1. The summed E-state index contributed by atoms with van der Waals surface area (Å²) >= 11 is 0. The standard InChI is InChI=1S/C18H23NO3/c1-3-4-14-22-18(21)15(2)12-13-19-17(20)11-10-16-8-6-5-7-9-16/h5-13,15H,3-4,14H2,1-2H3,(H,19,20). The second-order valence-corrected chi connectivity index (χ2v) is 4.92. The third-order valence-corrected chi connectivity index (χ3v) is 2.95. The molecule has 1 unspecified atom stereocenters. The van der Waals surface area contributed by atoms with Gasteiger partial charge in [0.25, 0.3) is 0 Å². The molecule has 1 amide bonds. The highest BCUT2D eigenvalue weighted by atomic mass is 16.5. The Kier molecular flexibility index (Phi) is 8.35. The molecule has 0 aliphatic heterocycles. The lowest BCUT2D eigenvalue weighted by molar-refractivity contribution is -0.146. The van der Waals surface area contributed by atoms with Gasteiger partial charge in [-0.05, 0) is 25.0 Å². The van der Waals surface area contributed by atoms with Gasteiger partial charge in [0.2, 0.25) is 5.91 Å². The van der Waals surface area contributed by atoms with Gasteiger partial charge in [-0.25, -0.2) is 0 Å². The van der Waals surface area contributed by atoms with E-state index in [9.17, 15) is 9.59 Å². The van der Waals surface area contributed by atoms with E-state index in [4.69, 9.17) is 4.74 Å². The van der Waals surface area contributed by atoms with Gasteiger partial charge in [-0.1, -0.05) is 49.8 Å². The van der Waals surface area contributed by atoms with E-state index in [2.05, 4.69) is 5.32 Å². The number of hydrogen-bond acceptors (Lipinski definition) is 3. The molecule has 0 fully saturated rings. The summed E-state index contributed by atoms with van der Waals surface area (Å²) in [6.45, 7) is 4.21. The average molecular weight is 301 g/mol. The van der Waals surface area contributed by atoms with E-state index >= 15 is 0 Å². The maximum Gasteiger partial charge on any atom is 0.312 e. The molecule has 118 valence electrons. The van der Waals surface area contributed by atoms with Crippen LogP contribution in [0.4, 0.5) is 0 Å². The fraction of sp³-hybridized carbons (Fsp3) is 0.333. The minimum Gasteiger partial charge on any atom is -0.465 e.